The average molecular weight is 215 g/mol. The Labute approximate surface area is 95.7 Å². The Morgan fingerprint density at radius 3 is 1.73 bits per heavy atom. The zero-order chi connectivity index (χ0) is 11.8. The van der Waals surface area contributed by atoms with Crippen molar-refractivity contribution in [1.29, 1.82) is 0 Å². The van der Waals surface area contributed by atoms with E-state index in [2.05, 4.69) is 32.6 Å². The molecule has 0 saturated heterocycles. The first kappa shape index (κ1) is 14.9. The smallest absolute Gasteiger partial charge is 0.0512 e. The van der Waals surface area contributed by atoms with Gasteiger partial charge in [0.2, 0.25) is 0 Å². The molecule has 0 aromatic heterocycles. The molecule has 0 aliphatic heterocycles. The van der Waals surface area contributed by atoms with Crippen molar-refractivity contribution >= 4 is 0 Å². The molecule has 0 amide bonds. The molecular formula is C13H29NO. The van der Waals surface area contributed by atoms with Crippen LogP contribution in [0.3, 0.4) is 0 Å². The Bertz CT molecular complexity index is 133. The molecule has 1 atom stereocenters. The molecule has 2 heteroatoms. The highest BCUT2D eigenvalue weighted by Gasteiger charge is 2.09. The van der Waals surface area contributed by atoms with Gasteiger partial charge < -0.3 is 10.0 Å². The van der Waals surface area contributed by atoms with E-state index in [9.17, 15) is 5.11 Å². The normalized spacial score (nSPS) is 14.2. The van der Waals surface area contributed by atoms with Crippen LogP contribution in [-0.2, 0) is 0 Å². The number of hydrogen-bond donors (Lipinski definition) is 1. The fourth-order valence-electron chi connectivity index (χ4n) is 1.90. The number of hydrogen-bond acceptors (Lipinski definition) is 2. The first-order valence-electron chi connectivity index (χ1n) is 6.32. The number of aliphatic hydroxyl groups is 1. The van der Waals surface area contributed by atoms with Crippen molar-refractivity contribution in [3.05, 3.63) is 0 Å². The van der Waals surface area contributed by atoms with Gasteiger partial charge in [-0.15, -0.1) is 0 Å². The molecule has 0 aromatic carbocycles. The second-order valence-electron chi connectivity index (χ2n) is 5.54. The van der Waals surface area contributed by atoms with E-state index in [0.29, 0.717) is 0 Å². The Morgan fingerprint density at radius 2 is 1.40 bits per heavy atom. The summed E-state index contributed by atoms with van der Waals surface area (Å²) in [4.78, 5) is 2.53. The Kier molecular flexibility index (Phi) is 8.07. The molecule has 1 unspecified atom stereocenters. The predicted molar refractivity (Wildman–Crippen MR) is 67.0 cm³/mol. The molecule has 0 fully saturated rings. The molecule has 0 aromatic rings. The molecule has 1 N–H and O–H groups in total. The van der Waals surface area contributed by atoms with Crippen LogP contribution < -0.4 is 0 Å². The van der Waals surface area contributed by atoms with Crippen LogP contribution >= 0.6 is 0 Å². The maximum Gasteiger partial charge on any atom is 0.0512 e. The summed E-state index contributed by atoms with van der Waals surface area (Å²) in [5.41, 5.74) is 0. The van der Waals surface area contributed by atoms with Gasteiger partial charge in [-0.2, -0.15) is 0 Å². The van der Waals surface area contributed by atoms with E-state index in [-0.39, 0.29) is 6.10 Å². The van der Waals surface area contributed by atoms with Gasteiger partial charge in [-0.1, -0.05) is 27.7 Å². The van der Waals surface area contributed by atoms with Crippen molar-refractivity contribution in [2.45, 2.75) is 53.6 Å². The van der Waals surface area contributed by atoms with Crippen molar-refractivity contribution in [2.24, 2.45) is 11.8 Å². The first-order valence-corrected chi connectivity index (χ1v) is 6.32. The highest BCUT2D eigenvalue weighted by Crippen LogP contribution is 2.06. The minimum absolute atomic E-state index is 0.148. The summed E-state index contributed by atoms with van der Waals surface area (Å²) in [6, 6.07) is 0. The van der Waals surface area contributed by atoms with Gasteiger partial charge in [0.25, 0.3) is 0 Å². The maximum absolute atomic E-state index is 9.21. The van der Waals surface area contributed by atoms with Gasteiger partial charge in [0, 0.05) is 13.1 Å². The van der Waals surface area contributed by atoms with Crippen molar-refractivity contribution in [3.8, 4) is 0 Å². The molecule has 0 spiro atoms. The molecular weight excluding hydrogens is 186 g/mol. The van der Waals surface area contributed by atoms with E-state index in [1.54, 1.807) is 0 Å². The highest BCUT2D eigenvalue weighted by molar-refractivity contribution is 4.63. The minimum Gasteiger partial charge on any atom is -0.393 e. The predicted octanol–water partition coefficient (Wildman–Crippen LogP) is 2.76. The summed E-state index contributed by atoms with van der Waals surface area (Å²) in [6.07, 6.45) is 1.88. The van der Waals surface area contributed by atoms with E-state index in [1.165, 1.54) is 13.1 Å². The van der Waals surface area contributed by atoms with Gasteiger partial charge in [0.1, 0.15) is 0 Å². The average Bonchev–Trinajstić information content (AvgIpc) is 2.00. The standard InChI is InChI=1S/C13H29NO/c1-11(2)9-14(10-12(3)4)8-6-7-13(5)15/h11-13,15H,6-10H2,1-5H3. The Hall–Kier alpha value is -0.0800. The Balaban J connectivity index is 3.79. The fraction of sp³-hybridized carbons (Fsp3) is 1.00. The lowest BCUT2D eigenvalue weighted by Gasteiger charge is -2.26. The van der Waals surface area contributed by atoms with Crippen LogP contribution in [0.15, 0.2) is 0 Å². The molecule has 15 heavy (non-hydrogen) atoms. The van der Waals surface area contributed by atoms with Crippen LogP contribution in [0.25, 0.3) is 0 Å². The van der Waals surface area contributed by atoms with E-state index < -0.39 is 0 Å². The van der Waals surface area contributed by atoms with Gasteiger partial charge >= 0.3 is 0 Å². The second kappa shape index (κ2) is 8.12. The third-order valence-electron chi connectivity index (χ3n) is 2.34. The summed E-state index contributed by atoms with van der Waals surface area (Å²) in [5.74, 6) is 1.46. The van der Waals surface area contributed by atoms with Crippen LogP contribution in [0.5, 0.6) is 0 Å². The van der Waals surface area contributed by atoms with Crippen molar-refractivity contribution in [3.63, 3.8) is 0 Å². The monoisotopic (exact) mass is 215 g/mol. The van der Waals surface area contributed by atoms with Crippen molar-refractivity contribution < 1.29 is 5.11 Å². The van der Waals surface area contributed by atoms with Gasteiger partial charge in [0.15, 0.2) is 0 Å². The summed E-state index contributed by atoms with van der Waals surface area (Å²) in [7, 11) is 0. The molecule has 0 bridgehead atoms. The lowest BCUT2D eigenvalue weighted by atomic mass is 10.1. The number of aliphatic hydroxyl groups excluding tert-OH is 1. The molecule has 2 nitrogen and oxygen atoms in total. The van der Waals surface area contributed by atoms with E-state index in [4.69, 9.17) is 0 Å². The quantitative estimate of drug-likeness (QED) is 0.673. The van der Waals surface area contributed by atoms with Crippen LogP contribution in [0.4, 0.5) is 0 Å². The number of nitrogens with zero attached hydrogens (tertiary/aromatic N) is 1. The van der Waals surface area contributed by atoms with Crippen molar-refractivity contribution in [2.75, 3.05) is 19.6 Å². The summed E-state index contributed by atoms with van der Waals surface area (Å²) in [6.45, 7) is 14.4. The summed E-state index contributed by atoms with van der Waals surface area (Å²) in [5, 5.41) is 9.21. The van der Waals surface area contributed by atoms with E-state index >= 15 is 0 Å². The Morgan fingerprint density at radius 1 is 0.933 bits per heavy atom. The lowest BCUT2D eigenvalue weighted by molar-refractivity contribution is 0.162. The molecule has 0 aliphatic carbocycles. The molecule has 0 heterocycles. The fourth-order valence-corrected chi connectivity index (χ4v) is 1.90. The van der Waals surface area contributed by atoms with Gasteiger partial charge in [-0.3, -0.25) is 0 Å². The highest BCUT2D eigenvalue weighted by atomic mass is 16.3. The zero-order valence-electron chi connectivity index (χ0n) is 11.2. The van der Waals surface area contributed by atoms with Crippen LogP contribution in [0.2, 0.25) is 0 Å². The zero-order valence-corrected chi connectivity index (χ0v) is 11.2. The third kappa shape index (κ3) is 10.2. The van der Waals surface area contributed by atoms with Crippen LogP contribution in [0, 0.1) is 11.8 Å². The molecule has 0 saturated carbocycles. The van der Waals surface area contributed by atoms with E-state index in [0.717, 1.165) is 31.2 Å². The molecule has 92 valence electrons. The first-order chi connectivity index (χ1) is 6.91. The minimum atomic E-state index is -0.148. The third-order valence-corrected chi connectivity index (χ3v) is 2.34. The largest absolute Gasteiger partial charge is 0.393 e. The molecule has 0 radical (unpaired) electrons. The van der Waals surface area contributed by atoms with Gasteiger partial charge in [-0.25, -0.2) is 0 Å². The van der Waals surface area contributed by atoms with Gasteiger partial charge in [-0.05, 0) is 38.1 Å². The summed E-state index contributed by atoms with van der Waals surface area (Å²) < 4.78 is 0. The van der Waals surface area contributed by atoms with Crippen LogP contribution in [0.1, 0.15) is 47.5 Å². The topological polar surface area (TPSA) is 23.5 Å². The van der Waals surface area contributed by atoms with Gasteiger partial charge in [0.05, 0.1) is 6.10 Å². The molecule has 0 aliphatic rings. The lowest BCUT2D eigenvalue weighted by Crippen LogP contribution is -2.32. The number of rotatable bonds is 8. The van der Waals surface area contributed by atoms with Crippen molar-refractivity contribution in [1.82, 2.24) is 4.90 Å². The maximum atomic E-state index is 9.21. The summed E-state index contributed by atoms with van der Waals surface area (Å²) >= 11 is 0. The second-order valence-corrected chi connectivity index (χ2v) is 5.54. The SMILES string of the molecule is CC(C)CN(CCCC(C)O)CC(C)C. The van der Waals surface area contributed by atoms with Crippen LogP contribution in [-0.4, -0.2) is 35.7 Å². The molecule has 0 rings (SSSR count). The van der Waals surface area contributed by atoms with E-state index in [1.807, 2.05) is 6.92 Å².